The van der Waals surface area contributed by atoms with Gasteiger partial charge in [-0.1, -0.05) is 91.0 Å². The Balaban J connectivity index is 1.32. The van der Waals surface area contributed by atoms with Crippen LogP contribution in [0.2, 0.25) is 0 Å². The second kappa shape index (κ2) is 10.6. The van der Waals surface area contributed by atoms with Crippen molar-refractivity contribution in [3.05, 3.63) is 120 Å². The van der Waals surface area contributed by atoms with Gasteiger partial charge in [-0.25, -0.2) is 0 Å². The van der Waals surface area contributed by atoms with E-state index < -0.39 is 0 Å². The van der Waals surface area contributed by atoms with Gasteiger partial charge in [-0.2, -0.15) is 0 Å². The maximum atomic E-state index is 12.6. The van der Waals surface area contributed by atoms with Crippen LogP contribution >= 0.6 is 11.8 Å². The van der Waals surface area contributed by atoms with E-state index in [9.17, 15) is 9.59 Å². The number of anilines is 1. The number of carbonyl (C=O) groups is 2. The van der Waals surface area contributed by atoms with E-state index in [-0.39, 0.29) is 11.7 Å². The molecule has 4 aromatic rings. The predicted octanol–water partition coefficient (Wildman–Crippen LogP) is 6.51. The van der Waals surface area contributed by atoms with E-state index in [0.717, 1.165) is 27.3 Å². The fraction of sp³-hybridized carbons (Fsp3) is 0.0714. The topological polar surface area (TPSA) is 46.2 Å². The molecule has 0 aliphatic heterocycles. The fourth-order valence-electron chi connectivity index (χ4n) is 3.36. The lowest BCUT2D eigenvalue weighted by Gasteiger charge is -2.08. The van der Waals surface area contributed by atoms with Gasteiger partial charge in [0.1, 0.15) is 0 Å². The monoisotopic (exact) mass is 437 g/mol. The highest BCUT2D eigenvalue weighted by Crippen LogP contribution is 2.24. The van der Waals surface area contributed by atoms with Gasteiger partial charge >= 0.3 is 0 Å². The fourth-order valence-corrected chi connectivity index (χ4v) is 4.21. The Kier molecular flexibility index (Phi) is 7.15. The molecule has 158 valence electrons. The number of nitrogens with one attached hydrogen (secondary N) is 1. The van der Waals surface area contributed by atoms with Crippen LogP contribution in [-0.4, -0.2) is 17.4 Å². The third-order valence-electron chi connectivity index (χ3n) is 5.01. The molecular weight excluding hydrogens is 414 g/mol. The van der Waals surface area contributed by atoms with E-state index >= 15 is 0 Å². The Morgan fingerprint density at radius 3 is 2.06 bits per heavy atom. The molecule has 0 aromatic heterocycles. The summed E-state index contributed by atoms with van der Waals surface area (Å²) in [6, 6.07) is 35.1. The van der Waals surface area contributed by atoms with Crippen LogP contribution in [0.25, 0.3) is 11.1 Å². The maximum Gasteiger partial charge on any atom is 0.228 e. The first kappa shape index (κ1) is 21.6. The van der Waals surface area contributed by atoms with E-state index in [1.165, 1.54) is 11.8 Å². The number of carbonyl (C=O) groups excluding carboxylic acids is 2. The molecule has 0 spiro atoms. The molecule has 0 heterocycles. The van der Waals surface area contributed by atoms with E-state index in [1.807, 2.05) is 97.1 Å². The van der Waals surface area contributed by atoms with Crippen molar-refractivity contribution in [1.82, 2.24) is 0 Å². The Morgan fingerprint density at radius 2 is 1.34 bits per heavy atom. The van der Waals surface area contributed by atoms with Crippen LogP contribution in [-0.2, 0) is 11.2 Å². The van der Waals surface area contributed by atoms with Gasteiger partial charge in [0.2, 0.25) is 5.91 Å². The zero-order valence-corrected chi connectivity index (χ0v) is 18.3. The summed E-state index contributed by atoms with van der Waals surface area (Å²) in [7, 11) is 0. The van der Waals surface area contributed by atoms with E-state index in [2.05, 4.69) is 17.4 Å². The van der Waals surface area contributed by atoms with Gasteiger partial charge in [-0.15, -0.1) is 11.8 Å². The van der Waals surface area contributed by atoms with Crippen LogP contribution in [0.5, 0.6) is 0 Å². The first-order valence-corrected chi connectivity index (χ1v) is 11.4. The van der Waals surface area contributed by atoms with Crippen molar-refractivity contribution in [2.24, 2.45) is 0 Å². The van der Waals surface area contributed by atoms with Crippen molar-refractivity contribution in [3.8, 4) is 11.1 Å². The lowest BCUT2D eigenvalue weighted by molar-refractivity contribution is -0.115. The van der Waals surface area contributed by atoms with Crippen molar-refractivity contribution < 1.29 is 9.59 Å². The second-order valence-electron chi connectivity index (χ2n) is 7.39. The first-order valence-electron chi connectivity index (χ1n) is 10.4. The maximum absolute atomic E-state index is 12.6. The molecule has 3 nitrogen and oxygen atoms in total. The summed E-state index contributed by atoms with van der Waals surface area (Å²) in [5, 5.41) is 2.93. The molecule has 4 aromatic carbocycles. The lowest BCUT2D eigenvalue weighted by atomic mass is 10.0. The largest absolute Gasteiger partial charge is 0.326 e. The number of hydrogen-bond acceptors (Lipinski definition) is 3. The second-order valence-corrected chi connectivity index (χ2v) is 8.44. The van der Waals surface area contributed by atoms with Crippen molar-refractivity contribution in [2.45, 2.75) is 11.3 Å². The molecule has 4 rings (SSSR count). The number of amides is 1. The van der Waals surface area contributed by atoms with Gasteiger partial charge in [0, 0.05) is 16.1 Å². The summed E-state index contributed by atoms with van der Waals surface area (Å²) < 4.78 is 0. The Labute approximate surface area is 192 Å². The van der Waals surface area contributed by atoms with Gasteiger partial charge in [0.05, 0.1) is 12.2 Å². The van der Waals surface area contributed by atoms with Crippen LogP contribution in [0.15, 0.2) is 114 Å². The molecule has 1 amide bonds. The summed E-state index contributed by atoms with van der Waals surface area (Å²) in [6.45, 7) is 0. The number of rotatable bonds is 8. The highest BCUT2D eigenvalue weighted by molar-refractivity contribution is 8.00. The van der Waals surface area contributed by atoms with Crippen molar-refractivity contribution in [3.63, 3.8) is 0 Å². The highest BCUT2D eigenvalue weighted by Gasteiger charge is 2.09. The molecule has 0 aliphatic carbocycles. The third-order valence-corrected chi connectivity index (χ3v) is 6.00. The quantitative estimate of drug-likeness (QED) is 0.252. The molecular formula is C28H23NO2S. The standard InChI is InChI=1S/C28H23NO2S/c30-27(24-16-14-23(15-17-24)22-10-5-2-6-11-22)20-32-26-13-7-12-25(19-26)29-28(31)18-21-8-3-1-4-9-21/h1-17,19H,18,20H2,(H,29,31). The van der Waals surface area contributed by atoms with Gasteiger partial charge in [0.15, 0.2) is 5.78 Å². The summed E-state index contributed by atoms with van der Waals surface area (Å²) in [5.41, 5.74) is 4.63. The van der Waals surface area contributed by atoms with E-state index in [4.69, 9.17) is 0 Å². The SMILES string of the molecule is O=C(Cc1ccccc1)Nc1cccc(SCC(=O)c2ccc(-c3ccccc3)cc2)c1. The molecule has 0 fully saturated rings. The Bertz CT molecular complexity index is 1190. The van der Waals surface area contributed by atoms with Crippen LogP contribution in [0.1, 0.15) is 15.9 Å². The predicted molar refractivity (Wildman–Crippen MR) is 132 cm³/mol. The number of benzene rings is 4. The van der Waals surface area contributed by atoms with Crippen LogP contribution in [0.3, 0.4) is 0 Å². The molecule has 0 radical (unpaired) electrons. The normalized spacial score (nSPS) is 10.5. The zero-order valence-electron chi connectivity index (χ0n) is 17.5. The van der Waals surface area contributed by atoms with Crippen molar-refractivity contribution in [2.75, 3.05) is 11.1 Å². The summed E-state index contributed by atoms with van der Waals surface area (Å²) in [4.78, 5) is 25.9. The van der Waals surface area contributed by atoms with Gasteiger partial charge in [0.25, 0.3) is 0 Å². The molecule has 0 atom stereocenters. The molecule has 0 saturated carbocycles. The van der Waals surface area contributed by atoms with Crippen LogP contribution in [0, 0.1) is 0 Å². The number of ketones is 1. The average Bonchev–Trinajstić information content (AvgIpc) is 2.84. The molecule has 1 N–H and O–H groups in total. The van der Waals surface area contributed by atoms with Gasteiger partial charge < -0.3 is 5.32 Å². The summed E-state index contributed by atoms with van der Waals surface area (Å²) in [6.07, 6.45) is 0.329. The highest BCUT2D eigenvalue weighted by atomic mass is 32.2. The lowest BCUT2D eigenvalue weighted by Crippen LogP contribution is -2.14. The van der Waals surface area contributed by atoms with Crippen molar-refractivity contribution >= 4 is 29.1 Å². The minimum absolute atomic E-state index is 0.0621. The minimum Gasteiger partial charge on any atom is -0.326 e. The summed E-state index contributed by atoms with van der Waals surface area (Å²) >= 11 is 1.47. The minimum atomic E-state index is -0.0621. The van der Waals surface area contributed by atoms with E-state index in [0.29, 0.717) is 17.7 Å². The Morgan fingerprint density at radius 1 is 0.688 bits per heavy atom. The third kappa shape index (κ3) is 5.96. The molecule has 0 unspecified atom stereocenters. The molecule has 4 heteroatoms. The average molecular weight is 438 g/mol. The number of hydrogen-bond donors (Lipinski definition) is 1. The number of Topliss-reactive ketones (excluding diaryl/α,β-unsaturated/α-hetero) is 1. The molecule has 32 heavy (non-hydrogen) atoms. The number of thioether (sulfide) groups is 1. The smallest absolute Gasteiger partial charge is 0.228 e. The molecule has 0 aliphatic rings. The van der Waals surface area contributed by atoms with Crippen molar-refractivity contribution in [1.29, 1.82) is 0 Å². The van der Waals surface area contributed by atoms with Crippen LogP contribution in [0.4, 0.5) is 5.69 Å². The molecule has 0 bridgehead atoms. The first-order chi connectivity index (χ1) is 15.7. The Hall–Kier alpha value is -3.63. The van der Waals surface area contributed by atoms with E-state index in [1.54, 1.807) is 0 Å². The van der Waals surface area contributed by atoms with Crippen LogP contribution < -0.4 is 5.32 Å². The summed E-state index contributed by atoms with van der Waals surface area (Å²) in [5.74, 6) is 0.354. The van der Waals surface area contributed by atoms with Gasteiger partial charge in [-0.3, -0.25) is 9.59 Å². The van der Waals surface area contributed by atoms with Gasteiger partial charge in [-0.05, 0) is 34.9 Å². The molecule has 0 saturated heterocycles. The zero-order chi connectivity index (χ0) is 22.2.